The summed E-state index contributed by atoms with van der Waals surface area (Å²) in [6.45, 7) is 4.26. The molecule has 0 atom stereocenters. The highest BCUT2D eigenvalue weighted by Crippen LogP contribution is 2.33. The van der Waals surface area contributed by atoms with E-state index in [1.807, 2.05) is 18.2 Å². The van der Waals surface area contributed by atoms with Crippen LogP contribution >= 0.6 is 11.6 Å². The number of ether oxygens (including phenoxy) is 2. The summed E-state index contributed by atoms with van der Waals surface area (Å²) in [7, 11) is 2.99. The molecule has 0 aliphatic rings. The molecule has 3 aromatic carbocycles. The standard InChI is InChI=1S/C25H23ClN2O4/c1-14(2)15-9-11-20-19(12-15)28-25(32-20)16-8-10-17(26)18(13-16)27-24(29)23-21(30-3)6-5-7-22(23)31-4/h5-14H,1-4H3,(H,27,29). The van der Waals surface area contributed by atoms with Gasteiger partial charge in [0.1, 0.15) is 22.6 Å². The molecule has 0 saturated heterocycles. The van der Waals surface area contributed by atoms with Crippen molar-refractivity contribution in [3.8, 4) is 23.0 Å². The highest BCUT2D eigenvalue weighted by molar-refractivity contribution is 6.34. The van der Waals surface area contributed by atoms with Crippen molar-refractivity contribution in [3.05, 3.63) is 70.7 Å². The van der Waals surface area contributed by atoms with Crippen LogP contribution in [0.4, 0.5) is 5.69 Å². The molecule has 6 nitrogen and oxygen atoms in total. The first kappa shape index (κ1) is 21.7. The first-order valence-corrected chi connectivity index (χ1v) is 10.5. The summed E-state index contributed by atoms with van der Waals surface area (Å²) in [6, 6.07) is 16.4. The number of rotatable bonds is 6. The lowest BCUT2D eigenvalue weighted by molar-refractivity contribution is 0.102. The molecule has 1 heterocycles. The lowest BCUT2D eigenvalue weighted by Gasteiger charge is -2.14. The number of hydrogen-bond donors (Lipinski definition) is 1. The number of nitrogens with one attached hydrogen (secondary N) is 1. The van der Waals surface area contributed by atoms with E-state index in [2.05, 4.69) is 24.1 Å². The van der Waals surface area contributed by atoms with Crippen LogP contribution in [-0.2, 0) is 0 Å². The molecule has 0 aliphatic carbocycles. The van der Waals surface area contributed by atoms with Crippen LogP contribution in [0.1, 0.15) is 35.7 Å². The molecule has 0 radical (unpaired) electrons. The normalized spacial score (nSPS) is 11.1. The largest absolute Gasteiger partial charge is 0.496 e. The number of benzene rings is 3. The monoisotopic (exact) mass is 450 g/mol. The molecule has 4 rings (SSSR count). The Labute approximate surface area is 191 Å². The molecular weight excluding hydrogens is 428 g/mol. The van der Waals surface area contributed by atoms with Gasteiger partial charge in [-0.1, -0.05) is 37.6 Å². The van der Waals surface area contributed by atoms with Crippen molar-refractivity contribution in [2.45, 2.75) is 19.8 Å². The second kappa shape index (κ2) is 8.93. The highest BCUT2D eigenvalue weighted by Gasteiger charge is 2.20. The fourth-order valence-electron chi connectivity index (χ4n) is 3.44. The van der Waals surface area contributed by atoms with E-state index < -0.39 is 5.91 Å². The van der Waals surface area contributed by atoms with Crippen LogP contribution in [0.15, 0.2) is 59.0 Å². The molecule has 7 heteroatoms. The van der Waals surface area contributed by atoms with Crippen LogP contribution in [-0.4, -0.2) is 25.1 Å². The van der Waals surface area contributed by atoms with Gasteiger partial charge in [-0.15, -0.1) is 0 Å². The second-order valence-electron chi connectivity index (χ2n) is 7.59. The Morgan fingerprint density at radius 2 is 1.75 bits per heavy atom. The number of halogens is 1. The van der Waals surface area contributed by atoms with E-state index in [-0.39, 0.29) is 5.56 Å². The molecule has 0 saturated carbocycles. The molecule has 0 spiro atoms. The molecule has 4 aromatic rings. The van der Waals surface area contributed by atoms with Crippen molar-refractivity contribution >= 4 is 34.3 Å². The number of oxazole rings is 1. The third kappa shape index (κ3) is 4.14. The SMILES string of the molecule is COc1cccc(OC)c1C(=O)Nc1cc(-c2nc3cc(C(C)C)ccc3o2)ccc1Cl. The molecule has 1 aromatic heterocycles. The van der Waals surface area contributed by atoms with E-state index >= 15 is 0 Å². The topological polar surface area (TPSA) is 73.6 Å². The van der Waals surface area contributed by atoms with Crippen molar-refractivity contribution in [3.63, 3.8) is 0 Å². The number of hydrogen-bond acceptors (Lipinski definition) is 5. The lowest BCUT2D eigenvalue weighted by atomic mass is 10.0. The maximum Gasteiger partial charge on any atom is 0.263 e. The number of methoxy groups -OCH3 is 2. The predicted octanol–water partition coefficient (Wildman–Crippen LogP) is 6.54. The smallest absolute Gasteiger partial charge is 0.263 e. The minimum atomic E-state index is -0.405. The Bertz CT molecular complexity index is 1270. The number of carbonyl (C=O) groups excluding carboxylic acids is 1. The zero-order valence-corrected chi connectivity index (χ0v) is 19.0. The third-order valence-corrected chi connectivity index (χ3v) is 5.52. The van der Waals surface area contributed by atoms with Crippen LogP contribution in [0.5, 0.6) is 11.5 Å². The maximum atomic E-state index is 13.0. The fourth-order valence-corrected chi connectivity index (χ4v) is 3.61. The molecule has 0 bridgehead atoms. The van der Waals surface area contributed by atoms with E-state index in [0.29, 0.717) is 45.2 Å². The molecule has 0 unspecified atom stereocenters. The third-order valence-electron chi connectivity index (χ3n) is 5.19. The van der Waals surface area contributed by atoms with Gasteiger partial charge in [0.15, 0.2) is 5.58 Å². The van der Waals surface area contributed by atoms with Crippen LogP contribution in [0.3, 0.4) is 0 Å². The van der Waals surface area contributed by atoms with Crippen LogP contribution in [0.25, 0.3) is 22.6 Å². The van der Waals surface area contributed by atoms with Crippen LogP contribution < -0.4 is 14.8 Å². The van der Waals surface area contributed by atoms with Crippen molar-refractivity contribution in [2.24, 2.45) is 0 Å². The lowest BCUT2D eigenvalue weighted by Crippen LogP contribution is -2.15. The van der Waals surface area contributed by atoms with Gasteiger partial charge in [-0.25, -0.2) is 4.98 Å². The summed E-state index contributed by atoms with van der Waals surface area (Å²) in [6.07, 6.45) is 0. The number of amides is 1. The number of anilines is 1. The summed E-state index contributed by atoms with van der Waals surface area (Å²) in [5, 5.41) is 3.23. The molecule has 0 aliphatic heterocycles. The Hall–Kier alpha value is -3.51. The van der Waals surface area contributed by atoms with Gasteiger partial charge >= 0.3 is 0 Å². The van der Waals surface area contributed by atoms with Gasteiger partial charge in [0, 0.05) is 5.56 Å². The highest BCUT2D eigenvalue weighted by atomic mass is 35.5. The quantitative estimate of drug-likeness (QED) is 0.361. The Kier molecular flexibility index (Phi) is 6.06. The minimum absolute atomic E-state index is 0.280. The molecule has 32 heavy (non-hydrogen) atoms. The van der Waals surface area contributed by atoms with Crippen molar-refractivity contribution < 1.29 is 18.7 Å². The van der Waals surface area contributed by atoms with Crippen molar-refractivity contribution in [1.82, 2.24) is 4.98 Å². The zero-order chi connectivity index (χ0) is 22.8. The molecule has 164 valence electrons. The van der Waals surface area contributed by atoms with E-state index in [1.165, 1.54) is 19.8 Å². The number of fused-ring (bicyclic) bond motifs is 1. The Balaban J connectivity index is 1.68. The van der Waals surface area contributed by atoms with E-state index in [1.54, 1.807) is 36.4 Å². The average molecular weight is 451 g/mol. The molecule has 0 fully saturated rings. The first-order valence-electron chi connectivity index (χ1n) is 10.1. The first-order chi connectivity index (χ1) is 15.4. The number of nitrogens with zero attached hydrogens (tertiary/aromatic N) is 1. The summed E-state index contributed by atoms with van der Waals surface area (Å²) in [5.74, 6) is 1.23. The molecule has 1 amide bonds. The van der Waals surface area contributed by atoms with Gasteiger partial charge in [0.2, 0.25) is 5.89 Å². The van der Waals surface area contributed by atoms with Gasteiger partial charge in [0.25, 0.3) is 5.91 Å². The number of carbonyl (C=O) groups is 1. The minimum Gasteiger partial charge on any atom is -0.496 e. The number of aromatic nitrogens is 1. The van der Waals surface area contributed by atoms with E-state index in [4.69, 9.17) is 25.5 Å². The van der Waals surface area contributed by atoms with Crippen LogP contribution in [0, 0.1) is 0 Å². The zero-order valence-electron chi connectivity index (χ0n) is 18.2. The average Bonchev–Trinajstić information content (AvgIpc) is 3.23. The van der Waals surface area contributed by atoms with E-state index in [0.717, 1.165) is 5.52 Å². The van der Waals surface area contributed by atoms with Crippen molar-refractivity contribution in [1.29, 1.82) is 0 Å². The summed E-state index contributed by atoms with van der Waals surface area (Å²) in [5.41, 5.74) is 4.06. The Morgan fingerprint density at radius 3 is 2.41 bits per heavy atom. The second-order valence-corrected chi connectivity index (χ2v) is 7.99. The van der Waals surface area contributed by atoms with Gasteiger partial charge in [-0.3, -0.25) is 4.79 Å². The van der Waals surface area contributed by atoms with Gasteiger partial charge < -0.3 is 19.2 Å². The van der Waals surface area contributed by atoms with Gasteiger partial charge in [-0.05, 0) is 53.9 Å². The fraction of sp³-hybridized carbons (Fsp3) is 0.200. The summed E-state index contributed by atoms with van der Waals surface area (Å²) >= 11 is 6.37. The summed E-state index contributed by atoms with van der Waals surface area (Å²) in [4.78, 5) is 17.7. The predicted molar refractivity (Wildman–Crippen MR) is 126 cm³/mol. The van der Waals surface area contributed by atoms with Gasteiger partial charge in [0.05, 0.1) is 24.9 Å². The van der Waals surface area contributed by atoms with Gasteiger partial charge in [-0.2, -0.15) is 0 Å². The maximum absolute atomic E-state index is 13.0. The van der Waals surface area contributed by atoms with E-state index in [9.17, 15) is 4.79 Å². The Morgan fingerprint density at radius 1 is 1.03 bits per heavy atom. The summed E-state index contributed by atoms with van der Waals surface area (Å²) < 4.78 is 16.6. The molecular formula is C25H23ClN2O4. The van der Waals surface area contributed by atoms with Crippen LogP contribution in [0.2, 0.25) is 5.02 Å². The van der Waals surface area contributed by atoms with Crippen molar-refractivity contribution in [2.75, 3.05) is 19.5 Å². The molecule has 1 N–H and O–H groups in total.